The number of hydrogen-bond donors (Lipinski definition) is 2. The van der Waals surface area contributed by atoms with Gasteiger partial charge >= 0.3 is 0 Å². The van der Waals surface area contributed by atoms with Crippen LogP contribution in [0.4, 0.5) is 0 Å². The highest BCUT2D eigenvalue weighted by molar-refractivity contribution is 5.78. The molecule has 1 atom stereocenters. The molecule has 0 aromatic heterocycles. The van der Waals surface area contributed by atoms with Crippen LogP contribution in [0, 0.1) is 0 Å². The summed E-state index contributed by atoms with van der Waals surface area (Å²) in [6.07, 6.45) is 10.9. The Kier molecular flexibility index (Phi) is 8.06. The van der Waals surface area contributed by atoms with Crippen molar-refractivity contribution in [2.24, 2.45) is 0 Å². The number of carbonyl (C=O) groups is 1. The molecule has 1 aliphatic carbocycles. The first-order chi connectivity index (χ1) is 8.76. The lowest BCUT2D eigenvalue weighted by molar-refractivity contribution is -0.121. The lowest BCUT2D eigenvalue weighted by atomic mass is 10.1. The van der Waals surface area contributed by atoms with E-state index in [4.69, 9.17) is 0 Å². The monoisotopic (exact) mass is 254 g/mol. The van der Waals surface area contributed by atoms with Crippen molar-refractivity contribution in [2.45, 2.75) is 83.7 Å². The molecule has 0 spiro atoms. The lowest BCUT2D eigenvalue weighted by Crippen LogP contribution is -2.42. The zero-order valence-electron chi connectivity index (χ0n) is 12.1. The lowest BCUT2D eigenvalue weighted by Gasteiger charge is -2.18. The van der Waals surface area contributed by atoms with Gasteiger partial charge in [-0.1, -0.05) is 46.0 Å². The van der Waals surface area contributed by atoms with Crippen molar-refractivity contribution < 1.29 is 4.79 Å². The van der Waals surface area contributed by atoms with Gasteiger partial charge in [0.1, 0.15) is 0 Å². The molecular weight excluding hydrogens is 224 g/mol. The molecule has 1 amide bonds. The Bertz CT molecular complexity index is 225. The van der Waals surface area contributed by atoms with Crippen molar-refractivity contribution in [3.63, 3.8) is 0 Å². The number of carbonyl (C=O) groups excluding carboxylic acids is 1. The summed E-state index contributed by atoms with van der Waals surface area (Å²) in [4.78, 5) is 11.8. The fourth-order valence-corrected chi connectivity index (χ4v) is 2.73. The minimum absolute atomic E-state index is 0.180. The van der Waals surface area contributed by atoms with E-state index >= 15 is 0 Å². The van der Waals surface area contributed by atoms with Gasteiger partial charge in [-0.3, -0.25) is 4.79 Å². The van der Waals surface area contributed by atoms with E-state index in [1.807, 2.05) is 0 Å². The van der Waals surface area contributed by atoms with E-state index in [0.717, 1.165) is 0 Å². The van der Waals surface area contributed by atoms with E-state index in [2.05, 4.69) is 24.5 Å². The third-order valence-electron chi connectivity index (χ3n) is 3.81. The highest BCUT2D eigenvalue weighted by Gasteiger charge is 2.17. The van der Waals surface area contributed by atoms with Crippen LogP contribution in [-0.4, -0.2) is 24.5 Å². The van der Waals surface area contributed by atoms with E-state index < -0.39 is 0 Å². The second-order valence-corrected chi connectivity index (χ2v) is 5.56. The van der Waals surface area contributed by atoms with Gasteiger partial charge in [0, 0.05) is 12.1 Å². The van der Waals surface area contributed by atoms with E-state index in [1.165, 1.54) is 57.8 Å². The largest absolute Gasteiger partial charge is 0.352 e. The third kappa shape index (κ3) is 6.39. The minimum Gasteiger partial charge on any atom is -0.352 e. The zero-order chi connectivity index (χ0) is 13.2. The highest BCUT2D eigenvalue weighted by Crippen LogP contribution is 2.17. The van der Waals surface area contributed by atoms with Crippen molar-refractivity contribution in [3.05, 3.63) is 0 Å². The summed E-state index contributed by atoms with van der Waals surface area (Å²) < 4.78 is 0. The predicted molar refractivity (Wildman–Crippen MR) is 76.6 cm³/mol. The first kappa shape index (κ1) is 15.5. The van der Waals surface area contributed by atoms with Crippen molar-refractivity contribution in [1.29, 1.82) is 0 Å². The standard InChI is InChI=1S/C15H30N2O/c1-3-5-9-13(8-4-2)16-12-15(18)17-14-10-6-7-11-14/h13-14,16H,3-12H2,1-2H3,(H,17,18). The van der Waals surface area contributed by atoms with Crippen LogP contribution in [0.3, 0.4) is 0 Å². The molecule has 3 nitrogen and oxygen atoms in total. The summed E-state index contributed by atoms with van der Waals surface area (Å²) >= 11 is 0. The van der Waals surface area contributed by atoms with Crippen molar-refractivity contribution in [1.82, 2.24) is 10.6 Å². The van der Waals surface area contributed by atoms with E-state index in [-0.39, 0.29) is 5.91 Å². The molecule has 0 aromatic carbocycles. The van der Waals surface area contributed by atoms with Crippen LogP contribution in [0.25, 0.3) is 0 Å². The van der Waals surface area contributed by atoms with Crippen LogP contribution < -0.4 is 10.6 Å². The minimum atomic E-state index is 0.180. The molecule has 0 radical (unpaired) electrons. The van der Waals surface area contributed by atoms with Crippen LogP contribution in [-0.2, 0) is 4.79 Å². The summed E-state index contributed by atoms with van der Waals surface area (Å²) in [5.41, 5.74) is 0. The van der Waals surface area contributed by atoms with Crippen LogP contribution in [0.1, 0.15) is 71.6 Å². The maximum absolute atomic E-state index is 11.8. The maximum atomic E-state index is 11.8. The number of hydrogen-bond acceptors (Lipinski definition) is 2. The summed E-state index contributed by atoms with van der Waals surface area (Å²) in [6, 6.07) is 0.962. The van der Waals surface area contributed by atoms with E-state index in [1.54, 1.807) is 0 Å². The first-order valence-corrected chi connectivity index (χ1v) is 7.79. The number of nitrogens with one attached hydrogen (secondary N) is 2. The molecule has 0 saturated heterocycles. The van der Waals surface area contributed by atoms with Crippen molar-refractivity contribution >= 4 is 5.91 Å². The Morgan fingerprint density at radius 1 is 1.17 bits per heavy atom. The van der Waals surface area contributed by atoms with E-state index in [9.17, 15) is 4.79 Å². The molecule has 2 N–H and O–H groups in total. The van der Waals surface area contributed by atoms with Gasteiger partial charge in [-0.15, -0.1) is 0 Å². The molecule has 0 aromatic rings. The van der Waals surface area contributed by atoms with E-state index in [0.29, 0.717) is 18.6 Å². The average molecular weight is 254 g/mol. The highest BCUT2D eigenvalue weighted by atomic mass is 16.1. The van der Waals surface area contributed by atoms with Gasteiger partial charge in [-0.2, -0.15) is 0 Å². The number of rotatable bonds is 9. The van der Waals surface area contributed by atoms with Gasteiger partial charge < -0.3 is 10.6 Å². The second-order valence-electron chi connectivity index (χ2n) is 5.56. The maximum Gasteiger partial charge on any atom is 0.234 e. The summed E-state index contributed by atoms with van der Waals surface area (Å²) in [6.45, 7) is 4.92. The van der Waals surface area contributed by atoms with Crippen molar-refractivity contribution in [2.75, 3.05) is 6.54 Å². The average Bonchev–Trinajstić information content (AvgIpc) is 2.85. The van der Waals surface area contributed by atoms with Gasteiger partial charge in [0.05, 0.1) is 6.54 Å². The first-order valence-electron chi connectivity index (χ1n) is 7.79. The van der Waals surface area contributed by atoms with Gasteiger partial charge in [-0.05, 0) is 25.7 Å². The molecule has 0 heterocycles. The van der Waals surface area contributed by atoms with Crippen LogP contribution in [0.2, 0.25) is 0 Å². The van der Waals surface area contributed by atoms with Crippen molar-refractivity contribution in [3.8, 4) is 0 Å². The number of amides is 1. The molecule has 18 heavy (non-hydrogen) atoms. The van der Waals surface area contributed by atoms with Crippen LogP contribution in [0.15, 0.2) is 0 Å². The Labute approximate surface area is 112 Å². The molecule has 0 aliphatic heterocycles. The van der Waals surface area contributed by atoms with Crippen LogP contribution in [0.5, 0.6) is 0 Å². The molecule has 3 heteroatoms. The Morgan fingerprint density at radius 2 is 1.89 bits per heavy atom. The topological polar surface area (TPSA) is 41.1 Å². The van der Waals surface area contributed by atoms with Gasteiger partial charge in [-0.25, -0.2) is 0 Å². The van der Waals surface area contributed by atoms with Crippen LogP contribution >= 0.6 is 0 Å². The number of unbranched alkanes of at least 4 members (excludes halogenated alkanes) is 1. The normalized spacial score (nSPS) is 17.9. The fraction of sp³-hybridized carbons (Fsp3) is 0.933. The Hall–Kier alpha value is -0.570. The second kappa shape index (κ2) is 9.37. The molecule has 1 saturated carbocycles. The van der Waals surface area contributed by atoms with Gasteiger partial charge in [0.15, 0.2) is 0 Å². The Balaban J connectivity index is 2.16. The molecular formula is C15H30N2O. The van der Waals surface area contributed by atoms with Gasteiger partial charge in [0.2, 0.25) is 5.91 Å². The quantitative estimate of drug-likeness (QED) is 0.664. The molecule has 1 unspecified atom stereocenters. The summed E-state index contributed by atoms with van der Waals surface area (Å²) in [5.74, 6) is 0.180. The molecule has 106 valence electrons. The zero-order valence-corrected chi connectivity index (χ0v) is 12.1. The summed E-state index contributed by atoms with van der Waals surface area (Å²) in [5, 5.41) is 6.55. The van der Waals surface area contributed by atoms with Gasteiger partial charge in [0.25, 0.3) is 0 Å². The smallest absolute Gasteiger partial charge is 0.234 e. The molecule has 1 fully saturated rings. The third-order valence-corrected chi connectivity index (χ3v) is 3.81. The summed E-state index contributed by atoms with van der Waals surface area (Å²) in [7, 11) is 0. The molecule has 1 rings (SSSR count). The molecule has 1 aliphatic rings. The SMILES string of the molecule is CCCCC(CCC)NCC(=O)NC1CCCC1. The predicted octanol–water partition coefficient (Wildman–Crippen LogP) is 2.99. The molecule has 0 bridgehead atoms. The Morgan fingerprint density at radius 3 is 2.50 bits per heavy atom. The fourth-order valence-electron chi connectivity index (χ4n) is 2.73.